The first-order valence-corrected chi connectivity index (χ1v) is 8.68. The quantitative estimate of drug-likeness (QED) is 0.832. The van der Waals surface area contributed by atoms with Crippen LogP contribution < -0.4 is 4.74 Å². The second kappa shape index (κ2) is 8.18. The topological polar surface area (TPSA) is 49.9 Å². The van der Waals surface area contributed by atoms with Gasteiger partial charge in [-0.05, 0) is 17.5 Å². The first-order valence-electron chi connectivity index (χ1n) is 8.68. The Bertz CT molecular complexity index is 590. The molecule has 0 N–H and O–H groups in total. The summed E-state index contributed by atoms with van der Waals surface area (Å²) in [5, 5.41) is 0. The van der Waals surface area contributed by atoms with Gasteiger partial charge in [0.1, 0.15) is 5.75 Å². The van der Waals surface area contributed by atoms with E-state index in [-0.39, 0.29) is 11.8 Å². The smallest absolute Gasteiger partial charge is 0.227 e. The maximum Gasteiger partial charge on any atom is 0.227 e. The monoisotopic (exact) mass is 332 g/mol. The van der Waals surface area contributed by atoms with Crippen molar-refractivity contribution in [3.63, 3.8) is 0 Å². The van der Waals surface area contributed by atoms with Crippen LogP contribution in [0.5, 0.6) is 5.75 Å². The minimum Gasteiger partial charge on any atom is -0.496 e. The van der Waals surface area contributed by atoms with Crippen LogP contribution in [0.25, 0.3) is 0 Å². The van der Waals surface area contributed by atoms with Crippen molar-refractivity contribution in [3.8, 4) is 5.75 Å². The van der Waals surface area contributed by atoms with E-state index in [0.29, 0.717) is 44.9 Å². The van der Waals surface area contributed by atoms with Crippen molar-refractivity contribution in [3.05, 3.63) is 29.3 Å². The van der Waals surface area contributed by atoms with Gasteiger partial charge in [0.2, 0.25) is 11.8 Å². The van der Waals surface area contributed by atoms with Crippen molar-refractivity contribution in [1.29, 1.82) is 0 Å². The number of amides is 2. The molecular formula is C19H28N2O3. The van der Waals surface area contributed by atoms with Crippen molar-refractivity contribution in [2.24, 2.45) is 0 Å². The third-order valence-corrected chi connectivity index (χ3v) is 4.61. The number of methoxy groups -OCH3 is 1. The highest BCUT2D eigenvalue weighted by atomic mass is 16.5. The van der Waals surface area contributed by atoms with Gasteiger partial charge >= 0.3 is 0 Å². The fourth-order valence-corrected chi connectivity index (χ4v) is 2.97. The molecule has 132 valence electrons. The molecule has 1 fully saturated rings. The van der Waals surface area contributed by atoms with Crippen molar-refractivity contribution >= 4 is 11.8 Å². The van der Waals surface area contributed by atoms with Gasteiger partial charge in [0.05, 0.1) is 13.5 Å². The molecular weight excluding hydrogens is 304 g/mol. The fraction of sp³-hybridized carbons (Fsp3) is 0.579. The zero-order valence-corrected chi connectivity index (χ0v) is 15.2. The van der Waals surface area contributed by atoms with Crippen LogP contribution in [0, 0.1) is 0 Å². The molecule has 0 saturated carbocycles. The molecule has 0 bridgehead atoms. The first kappa shape index (κ1) is 18.3. The molecule has 2 amide bonds. The lowest BCUT2D eigenvalue weighted by atomic mass is 9.99. The molecule has 5 nitrogen and oxygen atoms in total. The zero-order valence-electron chi connectivity index (χ0n) is 15.2. The van der Waals surface area contributed by atoms with Crippen molar-refractivity contribution in [1.82, 2.24) is 9.80 Å². The Balaban J connectivity index is 1.99. The van der Waals surface area contributed by atoms with E-state index in [9.17, 15) is 9.59 Å². The molecule has 5 heteroatoms. The standard InChI is InChI=1S/C19H28N2O3/c1-5-18(22)20-8-10-21(11-9-20)19(23)13-16-7-6-15(14(2)3)12-17(16)24-4/h6-7,12,14H,5,8-11,13H2,1-4H3. The second-order valence-corrected chi connectivity index (χ2v) is 6.52. The highest BCUT2D eigenvalue weighted by molar-refractivity contribution is 5.80. The molecule has 1 aliphatic heterocycles. The van der Waals surface area contributed by atoms with Gasteiger partial charge in [-0.15, -0.1) is 0 Å². The van der Waals surface area contributed by atoms with Gasteiger partial charge in [0.15, 0.2) is 0 Å². The van der Waals surface area contributed by atoms with E-state index in [0.717, 1.165) is 11.3 Å². The van der Waals surface area contributed by atoms with E-state index in [4.69, 9.17) is 4.74 Å². The predicted molar refractivity (Wildman–Crippen MR) is 94.2 cm³/mol. The molecule has 1 heterocycles. The van der Waals surface area contributed by atoms with E-state index < -0.39 is 0 Å². The molecule has 0 radical (unpaired) electrons. The summed E-state index contributed by atoms with van der Waals surface area (Å²) in [4.78, 5) is 28.0. The minimum atomic E-state index is 0.0918. The lowest BCUT2D eigenvalue weighted by Gasteiger charge is -2.34. The number of hydrogen-bond acceptors (Lipinski definition) is 3. The normalized spacial score (nSPS) is 14.9. The molecule has 0 unspecified atom stereocenters. The number of rotatable bonds is 5. The maximum atomic E-state index is 12.6. The van der Waals surface area contributed by atoms with Gasteiger partial charge in [-0.25, -0.2) is 0 Å². The Hall–Kier alpha value is -2.04. The van der Waals surface area contributed by atoms with Crippen molar-refractivity contribution in [2.45, 2.75) is 39.5 Å². The predicted octanol–water partition coefficient (Wildman–Crippen LogP) is 2.44. The highest BCUT2D eigenvalue weighted by Crippen LogP contribution is 2.25. The summed E-state index contributed by atoms with van der Waals surface area (Å²) in [7, 11) is 1.64. The van der Waals surface area contributed by atoms with Gasteiger partial charge < -0.3 is 14.5 Å². The lowest BCUT2D eigenvalue weighted by Crippen LogP contribution is -2.50. The van der Waals surface area contributed by atoms with Crippen LogP contribution >= 0.6 is 0 Å². The third-order valence-electron chi connectivity index (χ3n) is 4.61. The zero-order chi connectivity index (χ0) is 17.7. The van der Waals surface area contributed by atoms with Gasteiger partial charge in [0, 0.05) is 38.2 Å². The summed E-state index contributed by atoms with van der Waals surface area (Å²) in [5.41, 5.74) is 2.12. The number of carbonyl (C=O) groups is 2. The first-order chi connectivity index (χ1) is 11.5. The molecule has 1 saturated heterocycles. The number of carbonyl (C=O) groups excluding carboxylic acids is 2. The Labute approximate surface area is 144 Å². The molecule has 1 aromatic carbocycles. The fourth-order valence-electron chi connectivity index (χ4n) is 2.97. The van der Waals surface area contributed by atoms with Crippen LogP contribution in [0.15, 0.2) is 18.2 Å². The number of benzene rings is 1. The third kappa shape index (κ3) is 4.28. The number of piperazine rings is 1. The summed E-state index contributed by atoms with van der Waals surface area (Å²) in [6.45, 7) is 8.61. The van der Waals surface area contributed by atoms with E-state index in [1.54, 1.807) is 7.11 Å². The molecule has 0 aliphatic carbocycles. The largest absolute Gasteiger partial charge is 0.496 e. The van der Waals surface area contributed by atoms with Crippen LogP contribution in [0.2, 0.25) is 0 Å². The number of ether oxygens (including phenoxy) is 1. The highest BCUT2D eigenvalue weighted by Gasteiger charge is 2.24. The average Bonchev–Trinajstić information content (AvgIpc) is 2.61. The maximum absolute atomic E-state index is 12.6. The molecule has 2 rings (SSSR count). The molecule has 0 aromatic heterocycles. The second-order valence-electron chi connectivity index (χ2n) is 6.52. The minimum absolute atomic E-state index is 0.0918. The number of hydrogen-bond donors (Lipinski definition) is 0. The van der Waals surface area contributed by atoms with Gasteiger partial charge in [0.25, 0.3) is 0 Å². The average molecular weight is 332 g/mol. The number of nitrogens with zero attached hydrogens (tertiary/aromatic N) is 2. The SMILES string of the molecule is CCC(=O)N1CCN(C(=O)Cc2ccc(C(C)C)cc2OC)CC1. The Morgan fingerprint density at radius 1 is 1.08 bits per heavy atom. The van der Waals surface area contributed by atoms with Gasteiger partial charge in [-0.3, -0.25) is 9.59 Å². The summed E-state index contributed by atoms with van der Waals surface area (Å²) < 4.78 is 5.46. The van der Waals surface area contributed by atoms with Gasteiger partial charge in [-0.2, -0.15) is 0 Å². The summed E-state index contributed by atoms with van der Waals surface area (Å²) in [6, 6.07) is 6.07. The summed E-state index contributed by atoms with van der Waals surface area (Å²) in [5.74, 6) is 1.45. The van der Waals surface area contributed by atoms with E-state index in [1.165, 1.54) is 5.56 Å². The van der Waals surface area contributed by atoms with Crippen LogP contribution in [0.1, 0.15) is 44.2 Å². The van der Waals surface area contributed by atoms with Crippen LogP contribution in [0.4, 0.5) is 0 Å². The Morgan fingerprint density at radius 3 is 2.17 bits per heavy atom. The van der Waals surface area contributed by atoms with Crippen LogP contribution in [0.3, 0.4) is 0 Å². The summed E-state index contributed by atoms with van der Waals surface area (Å²) in [6.07, 6.45) is 0.858. The van der Waals surface area contributed by atoms with Crippen LogP contribution in [-0.4, -0.2) is 54.9 Å². The summed E-state index contributed by atoms with van der Waals surface area (Å²) >= 11 is 0. The Kier molecular flexibility index (Phi) is 6.23. The molecule has 0 spiro atoms. The molecule has 1 aromatic rings. The Morgan fingerprint density at radius 2 is 1.67 bits per heavy atom. The van der Waals surface area contributed by atoms with Gasteiger partial charge in [-0.1, -0.05) is 32.9 Å². The van der Waals surface area contributed by atoms with Crippen molar-refractivity contribution in [2.75, 3.05) is 33.3 Å². The molecule has 0 atom stereocenters. The van der Waals surface area contributed by atoms with E-state index in [2.05, 4.69) is 19.9 Å². The van der Waals surface area contributed by atoms with Crippen LogP contribution in [-0.2, 0) is 16.0 Å². The van der Waals surface area contributed by atoms with E-state index in [1.807, 2.05) is 28.9 Å². The molecule has 24 heavy (non-hydrogen) atoms. The molecule has 1 aliphatic rings. The van der Waals surface area contributed by atoms with Crippen molar-refractivity contribution < 1.29 is 14.3 Å². The van der Waals surface area contributed by atoms with E-state index >= 15 is 0 Å². The lowest BCUT2D eigenvalue weighted by molar-refractivity contribution is -0.139.